The Balaban J connectivity index is 1.07. The van der Waals surface area contributed by atoms with Crippen LogP contribution in [0.5, 0.6) is 0 Å². The predicted octanol–water partition coefficient (Wildman–Crippen LogP) is 4.92. The van der Waals surface area contributed by atoms with Crippen LogP contribution in [0.15, 0.2) is 72.8 Å². The first kappa shape index (κ1) is 25.0. The van der Waals surface area contributed by atoms with Crippen LogP contribution in [-0.4, -0.2) is 35.1 Å². The van der Waals surface area contributed by atoms with E-state index in [4.69, 9.17) is 0 Å². The molecule has 0 spiro atoms. The van der Waals surface area contributed by atoms with Crippen molar-refractivity contribution in [3.05, 3.63) is 95.1 Å². The molecule has 6 rings (SSSR count). The first-order valence-electron chi connectivity index (χ1n) is 13.5. The van der Waals surface area contributed by atoms with Gasteiger partial charge in [-0.15, -0.1) is 0 Å². The lowest BCUT2D eigenvalue weighted by molar-refractivity contribution is -0.143. The van der Waals surface area contributed by atoms with E-state index in [1.165, 1.54) is 5.56 Å². The Labute approximate surface area is 227 Å². The lowest BCUT2D eigenvalue weighted by Gasteiger charge is -2.28. The number of nitrogens with one attached hydrogen (secondary N) is 2. The van der Waals surface area contributed by atoms with E-state index in [-0.39, 0.29) is 53.9 Å². The molecule has 1 heterocycles. The largest absolute Gasteiger partial charge is 0.325 e. The molecule has 0 unspecified atom stereocenters. The van der Waals surface area contributed by atoms with Crippen molar-refractivity contribution in [1.82, 2.24) is 4.90 Å². The highest BCUT2D eigenvalue weighted by molar-refractivity contribution is 6.09. The minimum absolute atomic E-state index is 0.148. The molecule has 0 radical (unpaired) electrons. The topological polar surface area (TPSA) is 95.6 Å². The van der Waals surface area contributed by atoms with Gasteiger partial charge >= 0.3 is 0 Å². The van der Waals surface area contributed by atoms with Crippen molar-refractivity contribution in [3.8, 4) is 0 Å². The Bertz CT molecular complexity index is 1470. The van der Waals surface area contributed by atoms with Gasteiger partial charge in [-0.05, 0) is 97.5 Å². The molecule has 39 heavy (non-hydrogen) atoms. The summed E-state index contributed by atoms with van der Waals surface area (Å²) in [6.07, 6.45) is 1.81. The molecule has 2 bridgehead atoms. The molecule has 3 aromatic carbocycles. The smallest absolute Gasteiger partial charge is 0.255 e. The average Bonchev–Trinajstić information content (AvgIpc) is 3.60. The third-order valence-corrected chi connectivity index (χ3v) is 8.83. The first-order valence-corrected chi connectivity index (χ1v) is 13.5. The van der Waals surface area contributed by atoms with E-state index < -0.39 is 5.91 Å². The van der Waals surface area contributed by atoms with Crippen LogP contribution in [-0.2, 0) is 14.4 Å². The van der Waals surface area contributed by atoms with Crippen LogP contribution in [0.2, 0.25) is 0 Å². The number of anilines is 2. The SMILES string of the molecule is Cc1ccc(NC(=O)c2ccc(NC(=O)CN3C(=O)[C@@H]4[C@@H]5C[C@@H]([C@@H]4C3=O)[C@H](c3ccccc3)C5)cc2)cc1C. The standard InChI is InChI=1S/C32H31N3O4/c1-18-8-11-24(14-19(18)2)34-30(37)21-9-12-23(13-10-21)33-27(36)17-35-31(38)28-22-15-25(20-6-4-3-5-7-20)26(16-22)29(28)32(35)39/h3-14,22,25-26,28-29H,15-17H2,1-2H3,(H,33,36)(H,34,37)/t22-,25-,26+,28+,29-/m0/s1. The average molecular weight is 522 g/mol. The van der Waals surface area contributed by atoms with Crippen molar-refractivity contribution in [3.63, 3.8) is 0 Å². The van der Waals surface area contributed by atoms with E-state index in [2.05, 4.69) is 22.8 Å². The van der Waals surface area contributed by atoms with Crippen LogP contribution in [0.1, 0.15) is 45.8 Å². The van der Waals surface area contributed by atoms with Crippen molar-refractivity contribution in [2.45, 2.75) is 32.6 Å². The van der Waals surface area contributed by atoms with Crippen molar-refractivity contribution in [1.29, 1.82) is 0 Å². The van der Waals surface area contributed by atoms with Gasteiger partial charge in [0.25, 0.3) is 5.91 Å². The lowest BCUT2D eigenvalue weighted by Crippen LogP contribution is -2.39. The minimum atomic E-state index is -0.434. The van der Waals surface area contributed by atoms with Gasteiger partial charge < -0.3 is 10.6 Å². The fourth-order valence-corrected chi connectivity index (χ4v) is 6.83. The number of carbonyl (C=O) groups excluding carboxylic acids is 4. The first-order chi connectivity index (χ1) is 18.8. The molecule has 2 aliphatic carbocycles. The molecule has 5 atom stereocenters. The Morgan fingerprint density at radius 3 is 2.21 bits per heavy atom. The Morgan fingerprint density at radius 1 is 0.795 bits per heavy atom. The number of fused-ring (bicyclic) bond motifs is 5. The number of amides is 4. The van der Waals surface area contributed by atoms with Gasteiger partial charge in [-0.25, -0.2) is 0 Å². The van der Waals surface area contributed by atoms with Gasteiger partial charge in [0, 0.05) is 16.9 Å². The number of imide groups is 1. The second-order valence-corrected chi connectivity index (χ2v) is 11.1. The lowest BCUT2D eigenvalue weighted by atomic mass is 9.73. The summed E-state index contributed by atoms with van der Waals surface area (Å²) in [4.78, 5) is 53.2. The van der Waals surface area contributed by atoms with Crippen LogP contribution < -0.4 is 10.6 Å². The third-order valence-electron chi connectivity index (χ3n) is 8.83. The molecule has 7 nitrogen and oxygen atoms in total. The zero-order valence-corrected chi connectivity index (χ0v) is 22.0. The number of nitrogens with zero attached hydrogens (tertiary/aromatic N) is 1. The fraction of sp³-hybridized carbons (Fsp3) is 0.312. The van der Waals surface area contributed by atoms with Crippen LogP contribution >= 0.6 is 0 Å². The molecule has 3 aliphatic rings. The maximum Gasteiger partial charge on any atom is 0.255 e. The zero-order valence-electron chi connectivity index (χ0n) is 22.0. The summed E-state index contributed by atoms with van der Waals surface area (Å²) >= 11 is 0. The summed E-state index contributed by atoms with van der Waals surface area (Å²) in [5.41, 5.74) is 5.13. The predicted molar refractivity (Wildman–Crippen MR) is 148 cm³/mol. The van der Waals surface area contributed by atoms with E-state index in [1.54, 1.807) is 24.3 Å². The zero-order chi connectivity index (χ0) is 27.3. The number of hydrogen-bond acceptors (Lipinski definition) is 4. The van der Waals surface area contributed by atoms with Crippen molar-refractivity contribution in [2.24, 2.45) is 23.7 Å². The highest BCUT2D eigenvalue weighted by atomic mass is 16.2. The summed E-state index contributed by atoms with van der Waals surface area (Å²) in [6.45, 7) is 3.71. The van der Waals surface area contributed by atoms with Crippen molar-refractivity contribution in [2.75, 3.05) is 17.2 Å². The third kappa shape index (κ3) is 4.52. The normalized spacial score (nSPS) is 25.1. The van der Waals surface area contributed by atoms with E-state index in [1.807, 2.05) is 50.2 Å². The van der Waals surface area contributed by atoms with Gasteiger partial charge in [-0.2, -0.15) is 0 Å². The van der Waals surface area contributed by atoms with Gasteiger partial charge in [0.1, 0.15) is 6.54 Å². The molecule has 198 valence electrons. The van der Waals surface area contributed by atoms with Crippen LogP contribution in [0, 0.1) is 37.5 Å². The molecule has 2 N–H and O–H groups in total. The number of benzene rings is 3. The van der Waals surface area contributed by atoms with E-state index >= 15 is 0 Å². The van der Waals surface area contributed by atoms with E-state index in [9.17, 15) is 19.2 Å². The molecule has 1 aliphatic heterocycles. The maximum absolute atomic E-state index is 13.3. The molecule has 7 heteroatoms. The summed E-state index contributed by atoms with van der Waals surface area (Å²) in [5, 5.41) is 5.64. The van der Waals surface area contributed by atoms with Crippen molar-refractivity contribution < 1.29 is 19.2 Å². The number of rotatable bonds is 6. The molecule has 3 aromatic rings. The Hall–Kier alpha value is -4.26. The summed E-state index contributed by atoms with van der Waals surface area (Å²) in [5.74, 6) is -1.12. The number of likely N-dealkylation sites (tertiary alicyclic amines) is 1. The number of hydrogen-bond donors (Lipinski definition) is 2. The molecule has 3 fully saturated rings. The maximum atomic E-state index is 13.3. The monoisotopic (exact) mass is 521 g/mol. The fourth-order valence-electron chi connectivity index (χ4n) is 6.83. The minimum Gasteiger partial charge on any atom is -0.325 e. The second-order valence-electron chi connectivity index (χ2n) is 11.1. The summed E-state index contributed by atoms with van der Waals surface area (Å²) < 4.78 is 0. The summed E-state index contributed by atoms with van der Waals surface area (Å²) in [7, 11) is 0. The second kappa shape index (κ2) is 9.80. The quantitative estimate of drug-likeness (QED) is 0.450. The van der Waals surface area contributed by atoms with Gasteiger partial charge in [-0.3, -0.25) is 24.1 Å². The number of aryl methyl sites for hydroxylation is 2. The highest BCUT2D eigenvalue weighted by Gasteiger charge is 2.63. The van der Waals surface area contributed by atoms with E-state index in [0.29, 0.717) is 16.9 Å². The molecular formula is C32H31N3O4. The Morgan fingerprint density at radius 2 is 1.49 bits per heavy atom. The molecule has 4 amide bonds. The number of carbonyl (C=O) groups is 4. The Kier molecular flexibility index (Phi) is 6.29. The van der Waals surface area contributed by atoms with Gasteiger partial charge in [0.2, 0.25) is 17.7 Å². The summed E-state index contributed by atoms with van der Waals surface area (Å²) in [6, 6.07) is 22.5. The molecule has 2 saturated carbocycles. The van der Waals surface area contributed by atoms with Crippen LogP contribution in [0.4, 0.5) is 11.4 Å². The van der Waals surface area contributed by atoms with Gasteiger partial charge in [0.15, 0.2) is 0 Å². The van der Waals surface area contributed by atoms with Gasteiger partial charge in [0.05, 0.1) is 11.8 Å². The molecule has 0 aromatic heterocycles. The highest BCUT2D eigenvalue weighted by Crippen LogP contribution is 2.61. The van der Waals surface area contributed by atoms with Crippen LogP contribution in [0.25, 0.3) is 0 Å². The van der Waals surface area contributed by atoms with Crippen molar-refractivity contribution >= 4 is 35.0 Å². The van der Waals surface area contributed by atoms with E-state index in [0.717, 1.165) is 28.9 Å². The molecular weight excluding hydrogens is 490 g/mol. The van der Waals surface area contributed by atoms with Crippen LogP contribution in [0.3, 0.4) is 0 Å². The molecule has 1 saturated heterocycles. The van der Waals surface area contributed by atoms with Gasteiger partial charge in [-0.1, -0.05) is 36.4 Å².